The van der Waals surface area contributed by atoms with Gasteiger partial charge >= 0.3 is 0 Å². The number of carbonyl (C=O) groups is 3. The van der Waals surface area contributed by atoms with E-state index in [4.69, 9.17) is 9.47 Å². The van der Waals surface area contributed by atoms with Crippen LogP contribution < -0.4 is 9.64 Å². The number of anilines is 1. The third kappa shape index (κ3) is 7.32. The van der Waals surface area contributed by atoms with Crippen LogP contribution in [0.4, 0.5) is 5.69 Å². The summed E-state index contributed by atoms with van der Waals surface area (Å²) in [5.41, 5.74) is 0.713. The quantitative estimate of drug-likeness (QED) is 0.147. The minimum Gasteiger partial charge on any atom is -0.494 e. The number of amides is 3. The maximum atomic E-state index is 14.8. The molecule has 0 saturated carbocycles. The summed E-state index contributed by atoms with van der Waals surface area (Å²) in [5.74, 6) is -0.816. The lowest BCUT2D eigenvalue weighted by Crippen LogP contribution is -2.56. The van der Waals surface area contributed by atoms with Crippen molar-refractivity contribution < 1.29 is 29.0 Å². The van der Waals surface area contributed by atoms with Crippen molar-refractivity contribution in [2.45, 2.75) is 53.5 Å². The Kier molecular flexibility index (Phi) is 12.5. The number of unbranched alkanes of at least 4 members (excludes halogenated alkanes) is 2. The van der Waals surface area contributed by atoms with E-state index < -0.39 is 22.6 Å². The van der Waals surface area contributed by atoms with Crippen molar-refractivity contribution in [1.82, 2.24) is 14.7 Å². The monoisotopic (exact) mass is 732 g/mol. The number of halogens is 1. The number of likely N-dealkylation sites (tertiary alicyclic amines) is 1. The average Bonchev–Trinajstić information content (AvgIpc) is 3.67. The van der Waals surface area contributed by atoms with Crippen LogP contribution >= 0.6 is 27.7 Å². The Bertz CT molecular complexity index is 1280. The number of ether oxygens (including phenoxy) is 2. The highest BCUT2D eigenvalue weighted by Crippen LogP contribution is 2.68. The van der Waals surface area contributed by atoms with E-state index in [9.17, 15) is 19.5 Å². The zero-order chi connectivity index (χ0) is 33.6. The molecule has 4 fully saturated rings. The Morgan fingerprint density at radius 2 is 1.83 bits per heavy atom. The number of nitrogens with zero attached hydrogens (tertiary/aromatic N) is 4. The topological polar surface area (TPSA) is 103 Å². The van der Waals surface area contributed by atoms with Crippen LogP contribution in [0.15, 0.2) is 49.6 Å². The zero-order valence-electron chi connectivity index (χ0n) is 27.4. The second-order valence-electron chi connectivity index (χ2n) is 12.7. The standard InChI is InChI=1S/C35H49BrN4O6S/c1-4-14-38(18-17-37-19-22-45-23-20-37)34(44)31-35-24-27(36)30(47-35)28(29(35)33(43)40(31)16-8-7-9-21-41)32(42)39(15-5-2)25-10-12-26(13-11-25)46-6-3/h4-5,10-13,27-31,41H,1-2,6-9,14-24H2,3H3/t27?,28-,29+,30-,31?,35?/m1/s1. The van der Waals surface area contributed by atoms with E-state index in [0.717, 1.165) is 25.3 Å². The first-order chi connectivity index (χ1) is 22.8. The number of alkyl halides is 1. The molecule has 4 aliphatic rings. The Balaban J connectivity index is 1.47. The SMILES string of the molecule is C=CCN(CCN1CCOCC1)C(=O)C1N(CCCCCO)C(=O)[C@@H]2[C@@H](C(=O)N(CC=C)c3ccc(OCC)cc3)[C@@H]3SC12CC3Br. The maximum Gasteiger partial charge on any atom is 0.247 e. The van der Waals surface area contributed by atoms with Gasteiger partial charge in [0.2, 0.25) is 17.7 Å². The van der Waals surface area contributed by atoms with Crippen LogP contribution in [0.5, 0.6) is 5.75 Å². The van der Waals surface area contributed by atoms with E-state index in [1.165, 1.54) is 0 Å². The summed E-state index contributed by atoms with van der Waals surface area (Å²) in [6.45, 7) is 15.7. The molecule has 1 N–H and O–H groups in total. The van der Waals surface area contributed by atoms with Crippen LogP contribution in [0.3, 0.4) is 0 Å². The van der Waals surface area contributed by atoms with Gasteiger partial charge < -0.3 is 29.3 Å². The van der Waals surface area contributed by atoms with Gasteiger partial charge in [0.05, 0.1) is 36.4 Å². The predicted octanol–water partition coefficient (Wildman–Crippen LogP) is 3.58. The lowest BCUT2D eigenvalue weighted by atomic mass is 9.70. The van der Waals surface area contributed by atoms with Gasteiger partial charge in [-0.05, 0) is 56.9 Å². The fourth-order valence-corrected chi connectivity index (χ4v) is 11.3. The number of benzene rings is 1. The Morgan fingerprint density at radius 1 is 1.11 bits per heavy atom. The number of morpholine rings is 1. The molecule has 4 aliphatic heterocycles. The molecule has 0 radical (unpaired) electrons. The summed E-state index contributed by atoms with van der Waals surface area (Å²) in [6.07, 6.45) is 6.13. The van der Waals surface area contributed by atoms with Crippen LogP contribution in [0, 0.1) is 11.8 Å². The summed E-state index contributed by atoms with van der Waals surface area (Å²) in [7, 11) is 0. The number of carbonyl (C=O) groups excluding carboxylic acids is 3. The lowest BCUT2D eigenvalue weighted by molar-refractivity contribution is -0.142. The van der Waals surface area contributed by atoms with Crippen molar-refractivity contribution in [2.75, 3.05) is 77.1 Å². The summed E-state index contributed by atoms with van der Waals surface area (Å²) in [4.78, 5) is 51.6. The average molecular weight is 734 g/mol. The van der Waals surface area contributed by atoms with Crippen LogP contribution in [-0.2, 0) is 19.1 Å². The van der Waals surface area contributed by atoms with Crippen molar-refractivity contribution in [1.29, 1.82) is 0 Å². The van der Waals surface area contributed by atoms with Crippen LogP contribution in [-0.4, -0.2) is 131 Å². The molecule has 6 atom stereocenters. The first-order valence-electron chi connectivity index (χ1n) is 16.9. The van der Waals surface area contributed by atoms with Crippen LogP contribution in [0.25, 0.3) is 0 Å². The maximum absolute atomic E-state index is 14.8. The molecule has 4 heterocycles. The third-order valence-corrected chi connectivity index (χ3v) is 13.1. The molecule has 0 aromatic heterocycles. The molecule has 1 aromatic rings. The highest BCUT2D eigenvalue weighted by molar-refractivity contribution is 9.09. The van der Waals surface area contributed by atoms with E-state index >= 15 is 0 Å². The molecule has 3 unspecified atom stereocenters. The van der Waals surface area contributed by atoms with Crippen molar-refractivity contribution in [3.63, 3.8) is 0 Å². The molecule has 12 heteroatoms. The van der Waals surface area contributed by atoms with Gasteiger partial charge in [-0.3, -0.25) is 19.3 Å². The summed E-state index contributed by atoms with van der Waals surface area (Å²) >= 11 is 5.56. The minimum absolute atomic E-state index is 0.0257. The fourth-order valence-electron chi connectivity index (χ4n) is 7.73. The highest BCUT2D eigenvalue weighted by atomic mass is 79.9. The number of thioether (sulfide) groups is 1. The normalized spacial score (nSPS) is 28.3. The smallest absolute Gasteiger partial charge is 0.247 e. The fraction of sp³-hybridized carbons (Fsp3) is 0.629. The van der Waals surface area contributed by atoms with Gasteiger partial charge in [-0.15, -0.1) is 24.9 Å². The van der Waals surface area contributed by atoms with E-state index in [-0.39, 0.29) is 34.4 Å². The van der Waals surface area contributed by atoms with Crippen molar-refractivity contribution in [3.8, 4) is 5.75 Å². The summed E-state index contributed by atoms with van der Waals surface area (Å²) in [6, 6.07) is 6.74. The van der Waals surface area contributed by atoms with Gasteiger partial charge in [0.1, 0.15) is 11.8 Å². The molecule has 3 amide bonds. The Hall–Kier alpha value is -2.38. The largest absolute Gasteiger partial charge is 0.494 e. The van der Waals surface area contributed by atoms with Crippen molar-refractivity contribution in [2.24, 2.45) is 11.8 Å². The predicted molar refractivity (Wildman–Crippen MR) is 189 cm³/mol. The van der Waals surface area contributed by atoms with Crippen molar-refractivity contribution in [3.05, 3.63) is 49.6 Å². The molecule has 258 valence electrons. The first-order valence-corrected chi connectivity index (χ1v) is 18.7. The lowest BCUT2D eigenvalue weighted by Gasteiger charge is -2.39. The molecule has 4 saturated heterocycles. The minimum atomic E-state index is -0.735. The Morgan fingerprint density at radius 3 is 2.49 bits per heavy atom. The Labute approximate surface area is 291 Å². The molecular weight excluding hydrogens is 684 g/mol. The van der Waals surface area contributed by atoms with Crippen molar-refractivity contribution >= 4 is 51.1 Å². The van der Waals surface area contributed by atoms with Crippen LogP contribution in [0.2, 0.25) is 0 Å². The van der Waals surface area contributed by atoms with E-state index in [2.05, 4.69) is 34.0 Å². The van der Waals surface area contributed by atoms with E-state index in [1.54, 1.807) is 33.7 Å². The molecule has 0 aliphatic carbocycles. The van der Waals surface area contributed by atoms with Gasteiger partial charge in [0.15, 0.2) is 0 Å². The number of aliphatic hydroxyl groups is 1. The first kappa shape index (κ1) is 35.9. The number of rotatable bonds is 17. The second-order valence-corrected chi connectivity index (χ2v) is 15.4. The number of aliphatic hydroxyl groups excluding tert-OH is 1. The van der Waals surface area contributed by atoms with Gasteiger partial charge in [-0.2, -0.15) is 0 Å². The molecule has 1 aromatic carbocycles. The third-order valence-electron chi connectivity index (χ3n) is 9.85. The summed E-state index contributed by atoms with van der Waals surface area (Å²) in [5, 5.41) is 9.24. The van der Waals surface area contributed by atoms with Crippen LogP contribution in [0.1, 0.15) is 32.6 Å². The molecule has 1 spiro atoms. The molecule has 2 bridgehead atoms. The molecule has 47 heavy (non-hydrogen) atoms. The van der Waals surface area contributed by atoms with Gasteiger partial charge in [-0.1, -0.05) is 28.1 Å². The van der Waals surface area contributed by atoms with E-state index in [1.807, 2.05) is 36.1 Å². The highest BCUT2D eigenvalue weighted by Gasteiger charge is 2.76. The molecule has 5 rings (SSSR count). The zero-order valence-corrected chi connectivity index (χ0v) is 29.8. The molecular formula is C35H49BrN4O6S. The van der Waals surface area contributed by atoms with Gasteiger partial charge in [-0.25, -0.2) is 0 Å². The number of hydrogen-bond donors (Lipinski definition) is 1. The second kappa shape index (κ2) is 16.3. The number of fused-ring (bicyclic) bond motifs is 1. The van der Waals surface area contributed by atoms with Gasteiger partial charge in [0, 0.05) is 68.2 Å². The van der Waals surface area contributed by atoms with Gasteiger partial charge in [0.25, 0.3) is 0 Å². The van der Waals surface area contributed by atoms with E-state index in [0.29, 0.717) is 77.5 Å². The molecule has 10 nitrogen and oxygen atoms in total. The summed E-state index contributed by atoms with van der Waals surface area (Å²) < 4.78 is 10.4. The number of hydrogen-bond acceptors (Lipinski definition) is 8.